The molecular weight excluding hydrogens is 306 g/mol. The van der Waals surface area contributed by atoms with Gasteiger partial charge in [-0.3, -0.25) is 9.59 Å². The Morgan fingerprint density at radius 1 is 1.27 bits per heavy atom. The normalized spacial score (nSPS) is 14.7. The Balaban J connectivity index is 2.02. The standard InChI is InChI=1S/C14H19N3O4S/c1-17(2)22(20,21)12-5-3-4-10(8-12)14(19)15-9-13(18)16-11-6-7-11/h3-5,8,11H,6-7,9H2,1-2H3,(H,15,19)(H,16,18). The van der Waals surface area contributed by atoms with Crippen LogP contribution < -0.4 is 10.6 Å². The Hall–Kier alpha value is -1.93. The third-order valence-corrected chi connectivity index (χ3v) is 5.04. The van der Waals surface area contributed by atoms with Crippen molar-refractivity contribution in [3.63, 3.8) is 0 Å². The number of rotatable bonds is 6. The van der Waals surface area contributed by atoms with Gasteiger partial charge in [-0.1, -0.05) is 6.07 Å². The van der Waals surface area contributed by atoms with Crippen LogP contribution in [-0.4, -0.2) is 51.2 Å². The van der Waals surface area contributed by atoms with Gasteiger partial charge in [0.15, 0.2) is 0 Å². The predicted octanol–water partition coefficient (Wildman–Crippen LogP) is -0.0547. The van der Waals surface area contributed by atoms with Gasteiger partial charge in [-0.2, -0.15) is 0 Å². The minimum atomic E-state index is -3.60. The van der Waals surface area contributed by atoms with Gasteiger partial charge in [-0.05, 0) is 31.0 Å². The number of carbonyl (C=O) groups excluding carboxylic acids is 2. The van der Waals surface area contributed by atoms with Crippen molar-refractivity contribution in [1.82, 2.24) is 14.9 Å². The zero-order valence-electron chi connectivity index (χ0n) is 12.5. The Kier molecular flexibility index (Phi) is 4.82. The molecule has 2 rings (SSSR count). The van der Waals surface area contributed by atoms with Gasteiger partial charge in [-0.15, -0.1) is 0 Å². The molecule has 1 saturated carbocycles. The molecule has 0 aliphatic heterocycles. The van der Waals surface area contributed by atoms with Crippen molar-refractivity contribution in [3.8, 4) is 0 Å². The Bertz CT molecular complexity index is 681. The SMILES string of the molecule is CN(C)S(=O)(=O)c1cccc(C(=O)NCC(=O)NC2CC2)c1. The maximum atomic E-state index is 12.0. The van der Waals surface area contributed by atoms with E-state index in [1.165, 1.54) is 38.4 Å². The topological polar surface area (TPSA) is 95.6 Å². The van der Waals surface area contributed by atoms with Gasteiger partial charge in [0, 0.05) is 25.7 Å². The van der Waals surface area contributed by atoms with Crippen LogP contribution in [0.4, 0.5) is 0 Å². The summed E-state index contributed by atoms with van der Waals surface area (Å²) in [6, 6.07) is 5.95. The largest absolute Gasteiger partial charge is 0.352 e. The van der Waals surface area contributed by atoms with Crippen molar-refractivity contribution in [3.05, 3.63) is 29.8 Å². The molecule has 22 heavy (non-hydrogen) atoms. The molecule has 1 aromatic rings. The molecule has 7 nitrogen and oxygen atoms in total. The van der Waals surface area contributed by atoms with E-state index in [1.807, 2.05) is 0 Å². The minimum absolute atomic E-state index is 0.0348. The molecular formula is C14H19N3O4S. The van der Waals surface area contributed by atoms with Crippen molar-refractivity contribution in [2.24, 2.45) is 0 Å². The van der Waals surface area contributed by atoms with Crippen LogP contribution in [0.1, 0.15) is 23.2 Å². The van der Waals surface area contributed by atoms with Crippen LogP contribution in [0.25, 0.3) is 0 Å². The van der Waals surface area contributed by atoms with Crippen LogP contribution in [0.5, 0.6) is 0 Å². The summed E-state index contributed by atoms with van der Waals surface area (Å²) in [6.07, 6.45) is 1.95. The summed E-state index contributed by atoms with van der Waals surface area (Å²) < 4.78 is 25.1. The highest BCUT2D eigenvalue weighted by Gasteiger charge is 2.23. The van der Waals surface area contributed by atoms with Gasteiger partial charge in [0.25, 0.3) is 5.91 Å². The summed E-state index contributed by atoms with van der Waals surface area (Å²) in [5, 5.41) is 5.24. The molecule has 0 bridgehead atoms. The van der Waals surface area contributed by atoms with Gasteiger partial charge in [-0.25, -0.2) is 12.7 Å². The van der Waals surface area contributed by atoms with Gasteiger partial charge in [0.1, 0.15) is 0 Å². The zero-order chi connectivity index (χ0) is 16.3. The number of benzene rings is 1. The fourth-order valence-corrected chi connectivity index (χ4v) is 2.73. The number of nitrogens with one attached hydrogen (secondary N) is 2. The van der Waals surface area contributed by atoms with Crippen LogP contribution in [-0.2, 0) is 14.8 Å². The summed E-state index contributed by atoms with van der Waals surface area (Å²) in [5.41, 5.74) is 0.196. The quantitative estimate of drug-likeness (QED) is 0.766. The molecule has 8 heteroatoms. The zero-order valence-corrected chi connectivity index (χ0v) is 13.3. The number of sulfonamides is 1. The predicted molar refractivity (Wildman–Crippen MR) is 80.8 cm³/mol. The second-order valence-corrected chi connectivity index (χ2v) is 7.49. The minimum Gasteiger partial charge on any atom is -0.352 e. The molecule has 1 aliphatic rings. The number of hydrogen-bond acceptors (Lipinski definition) is 4. The molecule has 1 aliphatic carbocycles. The summed E-state index contributed by atoms with van der Waals surface area (Å²) in [7, 11) is -0.756. The van der Waals surface area contributed by atoms with Crippen LogP contribution in [0.3, 0.4) is 0 Å². The second-order valence-electron chi connectivity index (χ2n) is 5.34. The number of nitrogens with zero attached hydrogens (tertiary/aromatic N) is 1. The number of carbonyl (C=O) groups is 2. The molecule has 0 aromatic heterocycles. The molecule has 1 fully saturated rings. The fraction of sp³-hybridized carbons (Fsp3) is 0.429. The fourth-order valence-electron chi connectivity index (χ4n) is 1.78. The molecule has 120 valence electrons. The maximum Gasteiger partial charge on any atom is 0.251 e. The maximum absolute atomic E-state index is 12.0. The monoisotopic (exact) mass is 325 g/mol. The van der Waals surface area contributed by atoms with Crippen LogP contribution in [0.15, 0.2) is 29.2 Å². The average molecular weight is 325 g/mol. The Morgan fingerprint density at radius 2 is 1.95 bits per heavy atom. The lowest BCUT2D eigenvalue weighted by atomic mass is 10.2. The Labute approximate surface area is 129 Å². The van der Waals surface area contributed by atoms with Gasteiger partial charge in [0.05, 0.1) is 11.4 Å². The van der Waals surface area contributed by atoms with Crippen molar-refractivity contribution >= 4 is 21.8 Å². The molecule has 1 aromatic carbocycles. The van der Waals surface area contributed by atoms with E-state index in [0.717, 1.165) is 17.1 Å². The van der Waals surface area contributed by atoms with E-state index in [-0.39, 0.29) is 29.0 Å². The second kappa shape index (κ2) is 6.45. The molecule has 0 saturated heterocycles. The first kappa shape index (κ1) is 16.4. The lowest BCUT2D eigenvalue weighted by Gasteiger charge is -2.12. The summed E-state index contributed by atoms with van der Waals surface area (Å²) in [5.74, 6) is -0.727. The van der Waals surface area contributed by atoms with Crippen molar-refractivity contribution in [2.45, 2.75) is 23.8 Å². The molecule has 2 N–H and O–H groups in total. The molecule has 2 amide bonds. The van der Waals surface area contributed by atoms with Gasteiger partial charge in [0.2, 0.25) is 15.9 Å². The van der Waals surface area contributed by atoms with E-state index < -0.39 is 15.9 Å². The molecule has 0 unspecified atom stereocenters. The van der Waals surface area contributed by atoms with Crippen molar-refractivity contribution in [1.29, 1.82) is 0 Å². The van der Waals surface area contributed by atoms with Crippen LogP contribution in [0.2, 0.25) is 0 Å². The summed E-state index contributed by atoms with van der Waals surface area (Å²) >= 11 is 0. The van der Waals surface area contributed by atoms with E-state index in [9.17, 15) is 18.0 Å². The molecule has 0 radical (unpaired) electrons. The Morgan fingerprint density at radius 3 is 2.55 bits per heavy atom. The molecule has 0 atom stereocenters. The smallest absolute Gasteiger partial charge is 0.251 e. The highest BCUT2D eigenvalue weighted by molar-refractivity contribution is 7.89. The third-order valence-electron chi connectivity index (χ3n) is 3.23. The molecule has 0 spiro atoms. The third kappa shape index (κ3) is 4.05. The van der Waals surface area contributed by atoms with E-state index in [4.69, 9.17) is 0 Å². The van der Waals surface area contributed by atoms with Gasteiger partial charge < -0.3 is 10.6 Å². The van der Waals surface area contributed by atoms with E-state index in [0.29, 0.717) is 0 Å². The first-order valence-electron chi connectivity index (χ1n) is 6.91. The van der Waals surface area contributed by atoms with Crippen molar-refractivity contribution < 1.29 is 18.0 Å². The summed E-state index contributed by atoms with van der Waals surface area (Å²) in [6.45, 7) is -0.125. The number of amides is 2. The average Bonchev–Trinajstić information content (AvgIpc) is 3.28. The highest BCUT2D eigenvalue weighted by Crippen LogP contribution is 2.18. The molecule has 0 heterocycles. The van der Waals surface area contributed by atoms with E-state index >= 15 is 0 Å². The number of hydrogen-bond donors (Lipinski definition) is 2. The first-order chi connectivity index (χ1) is 10.3. The first-order valence-corrected chi connectivity index (χ1v) is 8.35. The van der Waals surface area contributed by atoms with Gasteiger partial charge >= 0.3 is 0 Å². The van der Waals surface area contributed by atoms with Crippen molar-refractivity contribution in [2.75, 3.05) is 20.6 Å². The highest BCUT2D eigenvalue weighted by atomic mass is 32.2. The van der Waals surface area contributed by atoms with E-state index in [2.05, 4.69) is 10.6 Å². The van der Waals surface area contributed by atoms with Crippen LogP contribution >= 0.6 is 0 Å². The van der Waals surface area contributed by atoms with E-state index in [1.54, 1.807) is 0 Å². The summed E-state index contributed by atoms with van der Waals surface area (Å²) in [4.78, 5) is 23.6. The van der Waals surface area contributed by atoms with Crippen LogP contribution in [0, 0.1) is 0 Å². The lowest BCUT2D eigenvalue weighted by molar-refractivity contribution is -0.120. The lowest BCUT2D eigenvalue weighted by Crippen LogP contribution is -2.37.